The van der Waals surface area contributed by atoms with Crippen LogP contribution in [0.25, 0.3) is 11.0 Å². The molecule has 0 amide bonds. The van der Waals surface area contributed by atoms with Gasteiger partial charge in [-0.1, -0.05) is 49.4 Å². The summed E-state index contributed by atoms with van der Waals surface area (Å²) in [7, 11) is 0. The van der Waals surface area contributed by atoms with Crippen molar-refractivity contribution < 1.29 is 5.11 Å². The Morgan fingerprint density at radius 3 is 2.55 bits per heavy atom. The SMILES string of the molecule is C=CC=N/C(=C/C(C)=C\C)C(=C)C.CCc1[nH]c2nc(C)nc(N3CC(O)C3)c2c1Cl. The summed E-state index contributed by atoms with van der Waals surface area (Å²) < 4.78 is 0. The molecular formula is C24H32ClN5O. The molecule has 3 heterocycles. The van der Waals surface area contributed by atoms with Crippen molar-refractivity contribution in [1.29, 1.82) is 0 Å². The molecule has 0 atom stereocenters. The summed E-state index contributed by atoms with van der Waals surface area (Å²) >= 11 is 6.38. The average Bonchev–Trinajstić information content (AvgIpc) is 3.03. The van der Waals surface area contributed by atoms with Crippen LogP contribution in [0, 0.1) is 6.92 Å². The first-order valence-electron chi connectivity index (χ1n) is 10.3. The lowest BCUT2D eigenvalue weighted by Crippen LogP contribution is -2.51. The third kappa shape index (κ3) is 6.15. The number of nitrogens with zero attached hydrogens (tertiary/aromatic N) is 4. The number of aliphatic hydroxyl groups excluding tert-OH is 1. The maximum Gasteiger partial charge on any atom is 0.144 e. The first-order chi connectivity index (χ1) is 14.7. The van der Waals surface area contributed by atoms with Crippen molar-refractivity contribution in [1.82, 2.24) is 15.0 Å². The van der Waals surface area contributed by atoms with Crippen LogP contribution in [0.15, 0.2) is 53.2 Å². The highest BCUT2D eigenvalue weighted by Crippen LogP contribution is 2.35. The summed E-state index contributed by atoms with van der Waals surface area (Å²) in [6.07, 6.45) is 7.93. The van der Waals surface area contributed by atoms with Gasteiger partial charge >= 0.3 is 0 Å². The fraction of sp³-hybridized carbons (Fsp3) is 0.375. The Balaban J connectivity index is 0.000000235. The predicted octanol–water partition coefficient (Wildman–Crippen LogP) is 5.33. The van der Waals surface area contributed by atoms with Crippen molar-refractivity contribution in [2.75, 3.05) is 18.0 Å². The Hall–Kier alpha value is -2.70. The molecule has 0 saturated carbocycles. The summed E-state index contributed by atoms with van der Waals surface area (Å²) in [6, 6.07) is 0. The lowest BCUT2D eigenvalue weighted by molar-refractivity contribution is 0.141. The molecule has 6 nitrogen and oxygen atoms in total. The van der Waals surface area contributed by atoms with Crippen LogP contribution >= 0.6 is 11.6 Å². The van der Waals surface area contributed by atoms with E-state index in [0.29, 0.717) is 23.9 Å². The molecule has 1 fully saturated rings. The maximum atomic E-state index is 9.42. The van der Waals surface area contributed by atoms with Crippen LogP contribution in [0.5, 0.6) is 0 Å². The molecule has 2 aromatic heterocycles. The normalized spacial score (nSPS) is 15.1. The highest BCUT2D eigenvalue weighted by molar-refractivity contribution is 6.37. The Kier molecular flexibility index (Phi) is 8.77. The fourth-order valence-corrected chi connectivity index (χ4v) is 3.36. The van der Waals surface area contributed by atoms with E-state index in [9.17, 15) is 5.11 Å². The second-order valence-electron chi connectivity index (χ2n) is 7.50. The first kappa shape index (κ1) is 24.6. The number of aliphatic imine (C=N–C) groups is 1. The first-order valence-corrected chi connectivity index (χ1v) is 10.7. The van der Waals surface area contributed by atoms with E-state index < -0.39 is 0 Å². The van der Waals surface area contributed by atoms with Gasteiger partial charge < -0.3 is 15.0 Å². The highest BCUT2D eigenvalue weighted by atomic mass is 35.5. The van der Waals surface area contributed by atoms with Gasteiger partial charge in [0.05, 0.1) is 22.2 Å². The van der Waals surface area contributed by atoms with Gasteiger partial charge in [-0.3, -0.25) is 4.99 Å². The number of nitrogens with one attached hydrogen (secondary N) is 1. The molecule has 0 spiro atoms. The second-order valence-corrected chi connectivity index (χ2v) is 7.88. The number of anilines is 1. The zero-order valence-electron chi connectivity index (χ0n) is 19.0. The number of fused-ring (bicyclic) bond motifs is 1. The highest BCUT2D eigenvalue weighted by Gasteiger charge is 2.29. The topological polar surface area (TPSA) is 77.4 Å². The zero-order valence-corrected chi connectivity index (χ0v) is 19.8. The Bertz CT molecular complexity index is 1040. The lowest BCUT2D eigenvalue weighted by Gasteiger charge is -2.37. The van der Waals surface area contributed by atoms with Gasteiger partial charge in [0.2, 0.25) is 0 Å². The van der Waals surface area contributed by atoms with E-state index >= 15 is 0 Å². The van der Waals surface area contributed by atoms with Gasteiger partial charge in [-0.15, -0.1) is 0 Å². The van der Waals surface area contributed by atoms with Gasteiger partial charge in [0, 0.05) is 25.0 Å². The fourth-order valence-electron chi connectivity index (χ4n) is 3.00. The van der Waals surface area contributed by atoms with E-state index in [2.05, 4.69) is 33.1 Å². The maximum absolute atomic E-state index is 9.42. The van der Waals surface area contributed by atoms with Crippen molar-refractivity contribution in [3.05, 3.63) is 64.8 Å². The molecule has 0 aliphatic carbocycles. The van der Waals surface area contributed by atoms with Crippen LogP contribution in [0.2, 0.25) is 5.02 Å². The molecular weight excluding hydrogens is 410 g/mol. The molecule has 2 aromatic rings. The third-order valence-corrected chi connectivity index (χ3v) is 5.26. The Morgan fingerprint density at radius 1 is 1.35 bits per heavy atom. The van der Waals surface area contributed by atoms with Crippen LogP contribution in [0.3, 0.4) is 0 Å². The number of aromatic nitrogens is 3. The molecule has 0 aromatic carbocycles. The number of β-amino-alcohol motifs (C(OH)–C–C–N with tert-alkyl or cyclic N) is 1. The number of aryl methyl sites for hydroxylation is 2. The Morgan fingerprint density at radius 2 is 2.03 bits per heavy atom. The number of aliphatic hydroxyl groups is 1. The van der Waals surface area contributed by atoms with Crippen molar-refractivity contribution in [2.24, 2.45) is 4.99 Å². The summed E-state index contributed by atoms with van der Waals surface area (Å²) in [5, 5.41) is 11.0. The standard InChI is InChI=1S/C12H15ClN4O.C12H17N/c1-3-8-10(13)9-11(16-8)14-6(2)15-12(9)17-4-7(18)5-17;1-6-8-13-12(10(3)4)9-11(5)7-2/h7,18H,3-5H2,1-2H3,(H,14,15,16);6-9H,1,3H2,2,4-5H3/b;11-7-,12-9+,13-8?. The second kappa shape index (κ2) is 11.1. The number of hydrogen-bond donors (Lipinski definition) is 2. The van der Waals surface area contributed by atoms with E-state index in [1.807, 2.05) is 51.7 Å². The summed E-state index contributed by atoms with van der Waals surface area (Å²) in [6.45, 7) is 18.5. The molecule has 1 aliphatic heterocycles. The van der Waals surface area contributed by atoms with Gasteiger partial charge in [0.15, 0.2) is 0 Å². The van der Waals surface area contributed by atoms with Crippen molar-refractivity contribution >= 4 is 34.7 Å². The quantitative estimate of drug-likeness (QED) is 0.469. The number of H-pyrrole nitrogens is 1. The molecule has 0 radical (unpaired) electrons. The third-order valence-electron chi connectivity index (χ3n) is 4.85. The molecule has 7 heteroatoms. The van der Waals surface area contributed by atoms with Gasteiger partial charge in [0.25, 0.3) is 0 Å². The number of rotatable bonds is 6. The van der Waals surface area contributed by atoms with Gasteiger partial charge in [-0.25, -0.2) is 9.97 Å². The molecule has 2 N–H and O–H groups in total. The number of aromatic amines is 1. The molecule has 0 unspecified atom stereocenters. The van der Waals surface area contributed by atoms with Gasteiger partial charge in [-0.05, 0) is 45.8 Å². The van der Waals surface area contributed by atoms with Crippen molar-refractivity contribution in [2.45, 2.75) is 47.1 Å². The minimum absolute atomic E-state index is 0.265. The summed E-state index contributed by atoms with van der Waals surface area (Å²) in [5.41, 5.74) is 4.80. The molecule has 0 bridgehead atoms. The minimum atomic E-state index is -0.265. The van der Waals surface area contributed by atoms with Gasteiger partial charge in [0.1, 0.15) is 17.3 Å². The van der Waals surface area contributed by atoms with E-state index in [4.69, 9.17) is 11.6 Å². The lowest BCUT2D eigenvalue weighted by atomic mass is 10.1. The molecule has 3 rings (SSSR count). The average molecular weight is 442 g/mol. The molecule has 1 saturated heterocycles. The van der Waals surface area contributed by atoms with E-state index in [1.165, 1.54) is 5.57 Å². The molecule has 166 valence electrons. The van der Waals surface area contributed by atoms with Crippen LogP contribution in [-0.4, -0.2) is 45.5 Å². The smallest absolute Gasteiger partial charge is 0.144 e. The van der Waals surface area contributed by atoms with Crippen LogP contribution in [0.1, 0.15) is 39.2 Å². The summed E-state index contributed by atoms with van der Waals surface area (Å²) in [5.74, 6) is 1.53. The molecule has 1 aliphatic rings. The van der Waals surface area contributed by atoms with Crippen LogP contribution < -0.4 is 4.90 Å². The van der Waals surface area contributed by atoms with E-state index in [0.717, 1.165) is 40.2 Å². The van der Waals surface area contributed by atoms with Crippen molar-refractivity contribution in [3.63, 3.8) is 0 Å². The summed E-state index contributed by atoms with van der Waals surface area (Å²) in [4.78, 5) is 18.3. The number of hydrogen-bond acceptors (Lipinski definition) is 5. The van der Waals surface area contributed by atoms with E-state index in [-0.39, 0.29) is 6.10 Å². The van der Waals surface area contributed by atoms with Crippen LogP contribution in [0.4, 0.5) is 5.82 Å². The molecule has 31 heavy (non-hydrogen) atoms. The largest absolute Gasteiger partial charge is 0.389 e. The van der Waals surface area contributed by atoms with Crippen LogP contribution in [-0.2, 0) is 6.42 Å². The van der Waals surface area contributed by atoms with Crippen molar-refractivity contribution in [3.8, 4) is 0 Å². The van der Waals surface area contributed by atoms with E-state index in [1.54, 1.807) is 12.3 Å². The van der Waals surface area contributed by atoms with Gasteiger partial charge in [-0.2, -0.15) is 0 Å². The Labute approximate surface area is 189 Å². The zero-order chi connectivity index (χ0) is 23.1. The minimum Gasteiger partial charge on any atom is -0.389 e. The monoisotopic (exact) mass is 441 g/mol. The number of allylic oxidation sites excluding steroid dienone is 5. The number of halogens is 1. The predicted molar refractivity (Wildman–Crippen MR) is 132 cm³/mol.